The molecule has 2 fully saturated rings. The molecule has 1 aliphatic heterocycles. The number of hydrogen-bond acceptors (Lipinski definition) is 7. The number of ether oxygens (including phenoxy) is 1. The number of aliphatic hydroxyl groups excluding tert-OH is 1. The SMILES string of the molecule is Cn1ccc([C@H]2C[C@@H]2C(=O)Nc2cc(-c3ccc(OC4CCN(C(=O)CO)CC4(F)F)c(C#N)c3)ccn2)n1. The van der Waals surface area contributed by atoms with E-state index in [0.717, 1.165) is 10.6 Å². The first kappa shape index (κ1) is 26.2. The van der Waals surface area contributed by atoms with Crippen LogP contribution in [0.25, 0.3) is 11.1 Å². The number of aryl methyl sites for hydroxylation is 1. The zero-order chi connectivity index (χ0) is 27.7. The fraction of sp³-hybridized carbons (Fsp3) is 0.370. The molecular formula is C27H26F2N6O4. The van der Waals surface area contributed by atoms with Crippen molar-refractivity contribution < 1.29 is 28.2 Å². The highest BCUT2D eigenvalue weighted by atomic mass is 19.3. The summed E-state index contributed by atoms with van der Waals surface area (Å²) >= 11 is 0. The second-order valence-electron chi connectivity index (χ2n) is 9.73. The molecule has 5 rings (SSSR count). The van der Waals surface area contributed by atoms with E-state index < -0.39 is 31.1 Å². The number of aliphatic hydroxyl groups is 1. The third kappa shape index (κ3) is 5.58. The lowest BCUT2D eigenvalue weighted by molar-refractivity contribution is -0.161. The minimum Gasteiger partial charge on any atom is -0.483 e. The number of nitrogens with one attached hydrogen (secondary N) is 1. The number of carbonyl (C=O) groups is 2. The predicted molar refractivity (Wildman–Crippen MR) is 135 cm³/mol. The van der Waals surface area contributed by atoms with Crippen molar-refractivity contribution in [2.45, 2.75) is 30.8 Å². The van der Waals surface area contributed by atoms with Gasteiger partial charge in [0, 0.05) is 44.2 Å². The first-order valence-corrected chi connectivity index (χ1v) is 12.4. The Bertz CT molecular complexity index is 1450. The molecule has 2 aromatic heterocycles. The Kier molecular flexibility index (Phi) is 7.01. The standard InChI is InChI=1S/C27H26F2N6O4/c1-34-8-5-21(33-34)19-12-20(19)26(38)32-24-11-17(4-7-31-24)16-2-3-22(18(10-16)13-30)39-23-6-9-35(25(37)14-36)15-27(23,28)29/h2-5,7-8,10-11,19-20,23,36H,6,9,12,14-15H2,1H3,(H,31,32,38)/t19-,20-,23?/m0/s1. The molecule has 2 aliphatic rings. The highest BCUT2D eigenvalue weighted by Gasteiger charge is 2.48. The van der Waals surface area contributed by atoms with Gasteiger partial charge in [0.1, 0.15) is 24.2 Å². The number of anilines is 1. The molecule has 0 radical (unpaired) electrons. The molecule has 10 nitrogen and oxygen atoms in total. The molecular weight excluding hydrogens is 510 g/mol. The van der Waals surface area contributed by atoms with E-state index in [9.17, 15) is 23.6 Å². The van der Waals surface area contributed by atoms with Gasteiger partial charge in [-0.05, 0) is 47.9 Å². The normalized spacial score (nSPS) is 21.6. The molecule has 1 saturated heterocycles. The Morgan fingerprint density at radius 3 is 2.74 bits per heavy atom. The van der Waals surface area contributed by atoms with Crippen LogP contribution < -0.4 is 10.1 Å². The molecule has 1 aromatic carbocycles. The molecule has 1 unspecified atom stereocenters. The number of nitriles is 1. The Morgan fingerprint density at radius 2 is 2.05 bits per heavy atom. The minimum absolute atomic E-state index is 0.00439. The van der Waals surface area contributed by atoms with Crippen LogP contribution >= 0.6 is 0 Å². The Balaban J connectivity index is 1.27. The lowest BCUT2D eigenvalue weighted by Gasteiger charge is -2.38. The summed E-state index contributed by atoms with van der Waals surface area (Å²) in [6.07, 6.45) is 2.41. The van der Waals surface area contributed by atoms with Gasteiger partial charge in [0.25, 0.3) is 0 Å². The quantitative estimate of drug-likeness (QED) is 0.474. The number of alkyl halides is 2. The van der Waals surface area contributed by atoms with Crippen molar-refractivity contribution in [2.24, 2.45) is 13.0 Å². The van der Waals surface area contributed by atoms with Crippen molar-refractivity contribution in [1.82, 2.24) is 19.7 Å². The number of hydrogen-bond donors (Lipinski definition) is 2. The van der Waals surface area contributed by atoms with E-state index in [2.05, 4.69) is 15.4 Å². The summed E-state index contributed by atoms with van der Waals surface area (Å²) in [7, 11) is 1.83. The highest BCUT2D eigenvalue weighted by Crippen LogP contribution is 2.47. The van der Waals surface area contributed by atoms with Gasteiger partial charge in [-0.1, -0.05) is 6.07 Å². The molecule has 3 heterocycles. The zero-order valence-corrected chi connectivity index (χ0v) is 21.1. The maximum absolute atomic E-state index is 14.7. The van der Waals surface area contributed by atoms with Crippen LogP contribution in [0.1, 0.15) is 30.0 Å². The van der Waals surface area contributed by atoms with Crippen molar-refractivity contribution >= 4 is 17.6 Å². The lowest BCUT2D eigenvalue weighted by Crippen LogP contribution is -2.55. The number of rotatable bonds is 7. The smallest absolute Gasteiger partial charge is 0.301 e. The molecule has 3 aromatic rings. The van der Waals surface area contributed by atoms with E-state index in [1.165, 1.54) is 18.3 Å². The molecule has 3 atom stereocenters. The second kappa shape index (κ2) is 10.4. The number of pyridine rings is 1. The van der Waals surface area contributed by atoms with E-state index in [1.807, 2.05) is 25.4 Å². The van der Waals surface area contributed by atoms with Gasteiger partial charge in [0.2, 0.25) is 11.8 Å². The van der Waals surface area contributed by atoms with Crippen LogP contribution in [0.5, 0.6) is 5.75 Å². The molecule has 0 bridgehead atoms. The first-order chi connectivity index (χ1) is 18.7. The fourth-order valence-electron chi connectivity index (χ4n) is 4.77. The average Bonchev–Trinajstić information content (AvgIpc) is 3.62. The van der Waals surface area contributed by atoms with Gasteiger partial charge in [0.15, 0.2) is 6.10 Å². The number of amides is 2. The van der Waals surface area contributed by atoms with Crippen LogP contribution in [0.15, 0.2) is 48.8 Å². The zero-order valence-electron chi connectivity index (χ0n) is 21.1. The van der Waals surface area contributed by atoms with Crippen LogP contribution in [0.4, 0.5) is 14.6 Å². The van der Waals surface area contributed by atoms with E-state index in [1.54, 1.807) is 22.9 Å². The van der Waals surface area contributed by atoms with E-state index >= 15 is 0 Å². The third-order valence-electron chi connectivity index (χ3n) is 6.98. The lowest BCUT2D eigenvalue weighted by atomic mass is 10.0. The van der Waals surface area contributed by atoms with Crippen molar-refractivity contribution in [2.75, 3.05) is 25.0 Å². The van der Waals surface area contributed by atoms with E-state index in [4.69, 9.17) is 9.84 Å². The Labute approximate surface area is 222 Å². The van der Waals surface area contributed by atoms with Gasteiger partial charge in [-0.2, -0.15) is 10.4 Å². The van der Waals surface area contributed by atoms with Crippen molar-refractivity contribution in [3.8, 4) is 22.9 Å². The van der Waals surface area contributed by atoms with Gasteiger partial charge in [-0.15, -0.1) is 0 Å². The molecule has 2 N–H and O–H groups in total. The molecule has 0 spiro atoms. The summed E-state index contributed by atoms with van der Waals surface area (Å²) in [6.45, 7) is -1.70. The van der Waals surface area contributed by atoms with E-state index in [-0.39, 0.29) is 42.0 Å². The largest absolute Gasteiger partial charge is 0.483 e. The van der Waals surface area contributed by atoms with Gasteiger partial charge < -0.3 is 20.1 Å². The predicted octanol–water partition coefficient (Wildman–Crippen LogP) is 2.70. The van der Waals surface area contributed by atoms with Crippen molar-refractivity contribution in [3.63, 3.8) is 0 Å². The van der Waals surface area contributed by atoms with E-state index in [0.29, 0.717) is 23.4 Å². The number of likely N-dealkylation sites (tertiary alicyclic amines) is 1. The number of piperidine rings is 1. The first-order valence-electron chi connectivity index (χ1n) is 12.4. The third-order valence-corrected chi connectivity index (χ3v) is 6.98. The monoisotopic (exact) mass is 536 g/mol. The molecule has 1 aliphatic carbocycles. The Hall–Kier alpha value is -4.37. The van der Waals surface area contributed by atoms with Gasteiger partial charge in [-0.25, -0.2) is 13.8 Å². The summed E-state index contributed by atoms with van der Waals surface area (Å²) in [4.78, 5) is 29.5. The van der Waals surface area contributed by atoms with Crippen LogP contribution in [0.2, 0.25) is 0 Å². The number of carbonyl (C=O) groups excluding carboxylic acids is 2. The van der Waals surface area contributed by atoms with Crippen molar-refractivity contribution in [1.29, 1.82) is 5.26 Å². The van der Waals surface area contributed by atoms with Crippen LogP contribution in [-0.2, 0) is 16.6 Å². The maximum atomic E-state index is 14.7. The van der Waals surface area contributed by atoms with Crippen LogP contribution in [0.3, 0.4) is 0 Å². The molecule has 12 heteroatoms. The summed E-state index contributed by atoms with van der Waals surface area (Å²) in [5, 5.41) is 25.8. The second-order valence-corrected chi connectivity index (χ2v) is 9.73. The van der Waals surface area contributed by atoms with Gasteiger partial charge in [-0.3, -0.25) is 14.3 Å². The van der Waals surface area contributed by atoms with Crippen molar-refractivity contribution in [3.05, 3.63) is 60.0 Å². The molecule has 2 amide bonds. The fourth-order valence-corrected chi connectivity index (χ4v) is 4.77. The van der Waals surface area contributed by atoms with Crippen LogP contribution in [0, 0.1) is 17.2 Å². The number of benzene rings is 1. The molecule has 1 saturated carbocycles. The number of nitrogens with zero attached hydrogens (tertiary/aromatic N) is 5. The minimum atomic E-state index is -3.36. The number of halogens is 2. The summed E-state index contributed by atoms with van der Waals surface area (Å²) in [6, 6.07) is 11.9. The van der Waals surface area contributed by atoms with Gasteiger partial charge in [0.05, 0.1) is 17.8 Å². The average molecular weight is 537 g/mol. The van der Waals surface area contributed by atoms with Crippen LogP contribution in [-0.4, -0.2) is 68.3 Å². The number of aromatic nitrogens is 3. The maximum Gasteiger partial charge on any atom is 0.301 e. The summed E-state index contributed by atoms with van der Waals surface area (Å²) in [5.41, 5.74) is 2.23. The Morgan fingerprint density at radius 1 is 1.26 bits per heavy atom. The summed E-state index contributed by atoms with van der Waals surface area (Å²) in [5.74, 6) is -4.02. The molecule has 202 valence electrons. The van der Waals surface area contributed by atoms with Gasteiger partial charge >= 0.3 is 5.92 Å². The molecule has 39 heavy (non-hydrogen) atoms. The summed E-state index contributed by atoms with van der Waals surface area (Å²) < 4.78 is 36.6. The topological polar surface area (TPSA) is 133 Å². The highest BCUT2D eigenvalue weighted by molar-refractivity contribution is 5.94.